The van der Waals surface area contributed by atoms with Crippen molar-refractivity contribution in [2.24, 2.45) is 0 Å². The summed E-state index contributed by atoms with van der Waals surface area (Å²) in [6.07, 6.45) is -16.4. The van der Waals surface area contributed by atoms with Gasteiger partial charge in [0.05, 0.1) is 12.7 Å². The zero-order valence-corrected chi connectivity index (χ0v) is 18.1. The number of ether oxygens (including phenoxy) is 2. The molecule has 0 spiro atoms. The van der Waals surface area contributed by atoms with E-state index in [1.54, 1.807) is 0 Å². The number of halogens is 9. The van der Waals surface area contributed by atoms with Gasteiger partial charge in [-0.3, -0.25) is 0 Å². The molecule has 0 atom stereocenters. The van der Waals surface area contributed by atoms with Crippen LogP contribution < -0.4 is 9.47 Å². The fraction of sp³-hybridized carbons (Fsp3) is 0.250. The van der Waals surface area contributed by atoms with E-state index in [-0.39, 0.29) is 11.5 Å². The Balaban J connectivity index is 2.12. The van der Waals surface area contributed by atoms with Crippen LogP contribution in [0, 0.1) is 6.92 Å². The first-order valence-electron chi connectivity index (χ1n) is 9.85. The van der Waals surface area contributed by atoms with Crippen LogP contribution in [0.25, 0.3) is 0 Å². The normalized spacial score (nSPS) is 13.0. The molecule has 0 N–H and O–H groups in total. The first-order chi connectivity index (χ1) is 16.1. The highest BCUT2D eigenvalue weighted by molar-refractivity contribution is 5.48. The molecule has 0 fully saturated rings. The van der Waals surface area contributed by atoms with E-state index in [0.717, 1.165) is 36.4 Å². The summed E-state index contributed by atoms with van der Waals surface area (Å²) in [6, 6.07) is 8.85. The molecule has 188 valence electrons. The summed E-state index contributed by atoms with van der Waals surface area (Å²) < 4.78 is 135. The molecule has 0 amide bonds. The van der Waals surface area contributed by atoms with Crippen molar-refractivity contribution in [1.29, 1.82) is 0 Å². The molecule has 11 heteroatoms. The van der Waals surface area contributed by atoms with Crippen molar-refractivity contribution >= 4 is 0 Å². The van der Waals surface area contributed by atoms with E-state index >= 15 is 0 Å². The van der Waals surface area contributed by atoms with Gasteiger partial charge in [0.15, 0.2) is 0 Å². The number of alkyl halides is 9. The summed E-state index contributed by atoms with van der Waals surface area (Å²) in [5.74, 6) is -0.967. The van der Waals surface area contributed by atoms with E-state index in [2.05, 4.69) is 0 Å². The number of hydrogen-bond donors (Lipinski definition) is 0. The molecule has 0 heterocycles. The zero-order valence-electron chi connectivity index (χ0n) is 18.1. The van der Waals surface area contributed by atoms with Gasteiger partial charge >= 0.3 is 18.5 Å². The van der Waals surface area contributed by atoms with Crippen molar-refractivity contribution in [2.75, 3.05) is 7.11 Å². The van der Waals surface area contributed by atoms with E-state index in [1.807, 2.05) is 0 Å². The van der Waals surface area contributed by atoms with Gasteiger partial charge in [-0.25, -0.2) is 0 Å². The molecule has 0 aliphatic heterocycles. The Bertz CT molecular complexity index is 1150. The molecule has 0 aromatic heterocycles. The quantitative estimate of drug-likeness (QED) is 0.323. The third kappa shape index (κ3) is 4.89. The summed E-state index contributed by atoms with van der Waals surface area (Å²) in [5, 5.41) is 0. The molecule has 0 aliphatic rings. The average Bonchev–Trinajstić information content (AvgIpc) is 2.73. The minimum atomic E-state index is -5.82. The Kier molecular flexibility index (Phi) is 6.75. The van der Waals surface area contributed by atoms with Crippen molar-refractivity contribution in [3.05, 3.63) is 89.0 Å². The predicted molar refractivity (Wildman–Crippen MR) is 109 cm³/mol. The summed E-state index contributed by atoms with van der Waals surface area (Å²) in [4.78, 5) is 0. The highest BCUT2D eigenvalue weighted by Gasteiger charge is 2.72. The molecule has 0 unspecified atom stereocenters. The molecule has 0 saturated carbocycles. The maximum atomic E-state index is 14.2. The maximum absolute atomic E-state index is 14.2. The van der Waals surface area contributed by atoms with E-state index < -0.39 is 46.4 Å². The SMILES string of the molecule is COc1ccc(C(c2ccc(Oc3cc(C)ccc3C(F)(F)F)cc2)(C(F)(F)F)C(F)(F)F)cc1. The van der Waals surface area contributed by atoms with Gasteiger partial charge in [-0.1, -0.05) is 30.3 Å². The van der Waals surface area contributed by atoms with Crippen LogP contribution >= 0.6 is 0 Å². The van der Waals surface area contributed by atoms with Gasteiger partial charge in [0.25, 0.3) is 0 Å². The van der Waals surface area contributed by atoms with E-state index in [4.69, 9.17) is 9.47 Å². The molecule has 0 aliphatic carbocycles. The van der Waals surface area contributed by atoms with Crippen molar-refractivity contribution in [3.63, 3.8) is 0 Å². The molecule has 35 heavy (non-hydrogen) atoms. The van der Waals surface area contributed by atoms with Crippen molar-refractivity contribution in [1.82, 2.24) is 0 Å². The maximum Gasteiger partial charge on any atom is 0.419 e. The van der Waals surface area contributed by atoms with Crippen molar-refractivity contribution in [2.45, 2.75) is 30.9 Å². The minimum Gasteiger partial charge on any atom is -0.497 e. The van der Waals surface area contributed by atoms with Gasteiger partial charge in [-0.15, -0.1) is 0 Å². The van der Waals surface area contributed by atoms with Crippen LogP contribution in [0.15, 0.2) is 66.7 Å². The molecular formula is C24H17F9O2. The van der Waals surface area contributed by atoms with Crippen molar-refractivity contribution in [3.8, 4) is 17.2 Å². The molecule has 3 aromatic rings. The molecule has 3 aromatic carbocycles. The van der Waals surface area contributed by atoms with Crippen molar-refractivity contribution < 1.29 is 49.0 Å². The summed E-state index contributed by atoms with van der Waals surface area (Å²) in [6.45, 7) is 1.49. The van der Waals surface area contributed by atoms with Gasteiger partial charge in [0.2, 0.25) is 5.41 Å². The number of methoxy groups -OCH3 is 1. The minimum absolute atomic E-state index is 0.0503. The lowest BCUT2D eigenvalue weighted by Gasteiger charge is -2.38. The third-order valence-corrected chi connectivity index (χ3v) is 5.33. The fourth-order valence-corrected chi connectivity index (χ4v) is 3.67. The second-order valence-corrected chi connectivity index (χ2v) is 7.60. The topological polar surface area (TPSA) is 18.5 Å². The van der Waals surface area contributed by atoms with Crippen LogP contribution in [-0.2, 0) is 11.6 Å². The van der Waals surface area contributed by atoms with E-state index in [9.17, 15) is 39.5 Å². The van der Waals surface area contributed by atoms with Crippen LogP contribution in [0.2, 0.25) is 0 Å². The lowest BCUT2D eigenvalue weighted by atomic mass is 9.73. The lowest BCUT2D eigenvalue weighted by Crippen LogP contribution is -2.54. The number of rotatable bonds is 5. The van der Waals surface area contributed by atoms with Gasteiger partial charge in [-0.05, 0) is 60.0 Å². The molecule has 3 rings (SSSR count). The highest BCUT2D eigenvalue weighted by Crippen LogP contribution is 2.56. The Morgan fingerprint density at radius 1 is 0.600 bits per heavy atom. The van der Waals surface area contributed by atoms with E-state index in [0.29, 0.717) is 29.8 Å². The Morgan fingerprint density at radius 2 is 1.06 bits per heavy atom. The first kappa shape index (κ1) is 26.2. The highest BCUT2D eigenvalue weighted by atomic mass is 19.4. The largest absolute Gasteiger partial charge is 0.497 e. The van der Waals surface area contributed by atoms with Gasteiger partial charge in [0, 0.05) is 0 Å². The molecule has 2 nitrogen and oxygen atoms in total. The second kappa shape index (κ2) is 9.01. The number of benzene rings is 3. The van der Waals surface area contributed by atoms with Gasteiger partial charge in [-0.2, -0.15) is 39.5 Å². The predicted octanol–water partition coefficient (Wildman–Crippen LogP) is 8.23. The number of aryl methyl sites for hydroxylation is 1. The molecule has 0 radical (unpaired) electrons. The lowest BCUT2D eigenvalue weighted by molar-refractivity contribution is -0.288. The summed E-state index contributed by atoms with van der Waals surface area (Å²) >= 11 is 0. The average molecular weight is 508 g/mol. The Hall–Kier alpha value is -3.37. The summed E-state index contributed by atoms with van der Waals surface area (Å²) in [5.41, 5.74) is -7.45. The Morgan fingerprint density at radius 3 is 1.46 bits per heavy atom. The van der Waals surface area contributed by atoms with Crippen LogP contribution in [0.1, 0.15) is 22.3 Å². The van der Waals surface area contributed by atoms with Gasteiger partial charge in [0.1, 0.15) is 17.2 Å². The zero-order chi connectivity index (χ0) is 26.2. The molecule has 0 bridgehead atoms. The molecular weight excluding hydrogens is 491 g/mol. The second-order valence-electron chi connectivity index (χ2n) is 7.60. The van der Waals surface area contributed by atoms with Crippen LogP contribution in [0.3, 0.4) is 0 Å². The fourth-order valence-electron chi connectivity index (χ4n) is 3.67. The molecule has 0 saturated heterocycles. The monoisotopic (exact) mass is 508 g/mol. The van der Waals surface area contributed by atoms with Crippen LogP contribution in [0.5, 0.6) is 17.2 Å². The van der Waals surface area contributed by atoms with Gasteiger partial charge < -0.3 is 9.47 Å². The smallest absolute Gasteiger partial charge is 0.419 e. The standard InChI is InChI=1S/C24H17F9O2/c1-14-3-12-19(22(25,26)27)20(13-14)35-18-10-6-16(7-11-18)21(23(28,29)30,24(31,32)33)15-4-8-17(34-2)9-5-15/h3-13H,1-2H3. The third-order valence-electron chi connectivity index (χ3n) is 5.33. The number of hydrogen-bond acceptors (Lipinski definition) is 2. The first-order valence-corrected chi connectivity index (χ1v) is 9.85. The summed E-state index contributed by atoms with van der Waals surface area (Å²) in [7, 11) is 1.20. The Labute approximate surface area is 193 Å². The van der Waals surface area contributed by atoms with E-state index in [1.165, 1.54) is 20.1 Å². The van der Waals surface area contributed by atoms with Crippen LogP contribution in [0.4, 0.5) is 39.5 Å². The van der Waals surface area contributed by atoms with Crippen LogP contribution in [-0.4, -0.2) is 19.5 Å².